The van der Waals surface area contributed by atoms with Gasteiger partial charge in [0.2, 0.25) is 10.0 Å². The molecule has 1 aromatic rings. The summed E-state index contributed by atoms with van der Waals surface area (Å²) in [4.78, 5) is 16.4. The number of rotatable bonds is 3. The van der Waals surface area contributed by atoms with Crippen LogP contribution in [0.3, 0.4) is 0 Å². The van der Waals surface area contributed by atoms with Crippen molar-refractivity contribution in [1.29, 1.82) is 0 Å². The number of likely N-dealkylation sites (N-methyl/N-ethyl adjacent to an activating group) is 1. The molecule has 0 unspecified atom stereocenters. The van der Waals surface area contributed by atoms with Crippen LogP contribution in [0.1, 0.15) is 23.2 Å². The molecule has 24 heavy (non-hydrogen) atoms. The van der Waals surface area contributed by atoms with Crippen molar-refractivity contribution in [1.82, 2.24) is 14.1 Å². The van der Waals surface area contributed by atoms with E-state index in [9.17, 15) is 13.2 Å². The Hall–Kier alpha value is -1.44. The molecule has 1 atom stereocenters. The molecular formula is C17H25N3O3S. The van der Waals surface area contributed by atoms with Gasteiger partial charge in [-0.05, 0) is 32.0 Å². The number of benzene rings is 1. The Bertz CT molecular complexity index is 670. The van der Waals surface area contributed by atoms with Crippen molar-refractivity contribution in [2.45, 2.75) is 18.1 Å². The Morgan fingerprint density at radius 2 is 1.71 bits per heavy atom. The van der Waals surface area contributed by atoms with Gasteiger partial charge in [0.1, 0.15) is 0 Å². The number of carbonyl (C=O) groups excluding carboxylic acids is 1. The zero-order valence-electron chi connectivity index (χ0n) is 14.1. The maximum absolute atomic E-state index is 12.9. The second-order valence-electron chi connectivity index (χ2n) is 6.63. The van der Waals surface area contributed by atoms with Gasteiger partial charge in [-0.25, -0.2) is 8.42 Å². The molecule has 0 spiro atoms. The number of amides is 1. The summed E-state index contributed by atoms with van der Waals surface area (Å²) in [6, 6.07) is 9.08. The van der Waals surface area contributed by atoms with Gasteiger partial charge in [-0.15, -0.1) is 0 Å². The number of piperidine rings is 1. The van der Waals surface area contributed by atoms with Crippen LogP contribution in [0, 0.1) is 0 Å². The number of nitrogens with zero attached hydrogens (tertiary/aromatic N) is 3. The molecule has 2 fully saturated rings. The lowest BCUT2D eigenvalue weighted by Gasteiger charge is -2.38. The average molecular weight is 351 g/mol. The van der Waals surface area contributed by atoms with Crippen LogP contribution < -0.4 is 0 Å². The maximum Gasteiger partial charge on any atom is 0.253 e. The number of hydrogen-bond donors (Lipinski definition) is 0. The Morgan fingerprint density at radius 1 is 1.04 bits per heavy atom. The summed E-state index contributed by atoms with van der Waals surface area (Å²) in [5, 5.41) is -0.484. The van der Waals surface area contributed by atoms with Crippen LogP contribution in [0.5, 0.6) is 0 Å². The van der Waals surface area contributed by atoms with Crippen molar-refractivity contribution in [2.75, 3.05) is 46.3 Å². The minimum Gasteiger partial charge on any atom is -0.337 e. The molecule has 2 saturated heterocycles. The summed E-state index contributed by atoms with van der Waals surface area (Å²) < 4.78 is 27.4. The highest BCUT2D eigenvalue weighted by Gasteiger charge is 2.37. The lowest BCUT2D eigenvalue weighted by molar-refractivity contribution is 0.0725. The highest BCUT2D eigenvalue weighted by atomic mass is 32.2. The van der Waals surface area contributed by atoms with E-state index in [1.807, 2.05) is 25.2 Å². The van der Waals surface area contributed by atoms with Gasteiger partial charge in [0, 0.05) is 44.8 Å². The molecule has 2 aliphatic rings. The molecule has 1 aromatic carbocycles. The van der Waals surface area contributed by atoms with Gasteiger partial charge in [0.05, 0.1) is 5.25 Å². The number of piperazine rings is 1. The molecule has 0 aromatic heterocycles. The van der Waals surface area contributed by atoms with E-state index in [0.717, 1.165) is 19.5 Å². The van der Waals surface area contributed by atoms with Crippen molar-refractivity contribution in [3.8, 4) is 0 Å². The maximum atomic E-state index is 12.9. The van der Waals surface area contributed by atoms with Crippen LogP contribution in [-0.2, 0) is 10.0 Å². The van der Waals surface area contributed by atoms with E-state index in [2.05, 4.69) is 4.90 Å². The predicted molar refractivity (Wildman–Crippen MR) is 93.4 cm³/mol. The Kier molecular flexibility index (Phi) is 5.22. The molecule has 0 bridgehead atoms. The predicted octanol–water partition coefficient (Wildman–Crippen LogP) is 0.868. The van der Waals surface area contributed by atoms with Crippen LogP contribution in [-0.4, -0.2) is 80.0 Å². The molecule has 7 heteroatoms. The molecular weight excluding hydrogens is 326 g/mol. The van der Waals surface area contributed by atoms with Crippen molar-refractivity contribution < 1.29 is 13.2 Å². The van der Waals surface area contributed by atoms with E-state index in [-0.39, 0.29) is 5.91 Å². The first kappa shape index (κ1) is 17.4. The van der Waals surface area contributed by atoms with Crippen molar-refractivity contribution in [2.24, 2.45) is 0 Å². The van der Waals surface area contributed by atoms with Crippen LogP contribution in [0.4, 0.5) is 0 Å². The molecule has 0 aliphatic carbocycles. The van der Waals surface area contributed by atoms with E-state index in [0.29, 0.717) is 38.2 Å². The molecule has 0 N–H and O–H groups in total. The Morgan fingerprint density at radius 3 is 2.38 bits per heavy atom. The fraction of sp³-hybridized carbons (Fsp3) is 0.588. The number of carbonyl (C=O) groups is 1. The Balaban J connectivity index is 1.70. The smallest absolute Gasteiger partial charge is 0.253 e. The third kappa shape index (κ3) is 3.63. The normalized spacial score (nSPS) is 24.0. The first-order valence-electron chi connectivity index (χ1n) is 8.50. The van der Waals surface area contributed by atoms with Crippen LogP contribution in [0.25, 0.3) is 0 Å². The van der Waals surface area contributed by atoms with Crippen LogP contribution in [0.15, 0.2) is 30.3 Å². The first-order chi connectivity index (χ1) is 11.5. The highest BCUT2D eigenvalue weighted by Crippen LogP contribution is 2.22. The van der Waals surface area contributed by atoms with Gasteiger partial charge in [0.15, 0.2) is 0 Å². The summed E-state index contributed by atoms with van der Waals surface area (Å²) in [5.41, 5.74) is 0.621. The lowest BCUT2D eigenvalue weighted by atomic mass is 10.1. The Labute approximate surface area is 144 Å². The molecule has 0 saturated carbocycles. The van der Waals surface area contributed by atoms with Gasteiger partial charge in [-0.3, -0.25) is 4.79 Å². The van der Waals surface area contributed by atoms with Crippen molar-refractivity contribution >= 4 is 15.9 Å². The largest absolute Gasteiger partial charge is 0.337 e. The number of sulfonamides is 1. The minimum absolute atomic E-state index is 0.0751. The molecule has 2 heterocycles. The van der Waals surface area contributed by atoms with Crippen molar-refractivity contribution in [3.05, 3.63) is 35.9 Å². The SMILES string of the molecule is CN1CCN(S(=O)(=O)[C@@H]2CCCN(C(=O)c3ccccc3)C2)CC1. The highest BCUT2D eigenvalue weighted by molar-refractivity contribution is 7.89. The van der Waals surface area contributed by atoms with E-state index in [1.165, 1.54) is 0 Å². The third-order valence-corrected chi connectivity index (χ3v) is 7.24. The molecule has 2 aliphatic heterocycles. The topological polar surface area (TPSA) is 60.9 Å². The fourth-order valence-corrected chi connectivity index (χ4v) is 5.31. The molecule has 132 valence electrons. The van der Waals surface area contributed by atoms with Crippen LogP contribution in [0.2, 0.25) is 0 Å². The summed E-state index contributed by atoms with van der Waals surface area (Å²) >= 11 is 0. The minimum atomic E-state index is -3.34. The van der Waals surface area contributed by atoms with E-state index in [1.54, 1.807) is 21.3 Å². The average Bonchev–Trinajstić information content (AvgIpc) is 2.62. The van der Waals surface area contributed by atoms with Gasteiger partial charge < -0.3 is 9.80 Å². The zero-order chi connectivity index (χ0) is 17.2. The molecule has 6 nitrogen and oxygen atoms in total. The third-order valence-electron chi connectivity index (χ3n) is 4.93. The van der Waals surface area contributed by atoms with Gasteiger partial charge in [0.25, 0.3) is 5.91 Å². The van der Waals surface area contributed by atoms with E-state index >= 15 is 0 Å². The molecule has 3 rings (SSSR count). The summed E-state index contributed by atoms with van der Waals surface area (Å²) in [7, 11) is -1.34. The monoisotopic (exact) mass is 351 g/mol. The second-order valence-corrected chi connectivity index (χ2v) is 8.84. The molecule has 1 amide bonds. The van der Waals surface area contributed by atoms with E-state index < -0.39 is 15.3 Å². The van der Waals surface area contributed by atoms with Crippen LogP contribution >= 0.6 is 0 Å². The fourth-order valence-electron chi connectivity index (χ4n) is 3.38. The number of hydrogen-bond acceptors (Lipinski definition) is 4. The molecule has 0 radical (unpaired) electrons. The van der Waals surface area contributed by atoms with E-state index in [4.69, 9.17) is 0 Å². The second kappa shape index (κ2) is 7.21. The summed E-state index contributed by atoms with van der Waals surface area (Å²) in [5.74, 6) is -0.0751. The van der Waals surface area contributed by atoms with Gasteiger partial charge >= 0.3 is 0 Å². The lowest BCUT2D eigenvalue weighted by Crippen LogP contribution is -2.54. The summed E-state index contributed by atoms with van der Waals surface area (Å²) in [6.45, 7) is 3.53. The zero-order valence-corrected chi connectivity index (χ0v) is 14.9. The van der Waals surface area contributed by atoms with Gasteiger partial charge in [-0.1, -0.05) is 18.2 Å². The first-order valence-corrected chi connectivity index (χ1v) is 10.0. The van der Waals surface area contributed by atoms with Crippen molar-refractivity contribution in [3.63, 3.8) is 0 Å². The standard InChI is InChI=1S/C17H25N3O3S/c1-18-10-12-20(13-11-18)24(22,23)16-8-5-9-19(14-16)17(21)15-6-3-2-4-7-15/h2-4,6-7,16H,5,8-14H2,1H3/t16-/m1/s1. The quantitative estimate of drug-likeness (QED) is 0.811. The summed E-state index contributed by atoms with van der Waals surface area (Å²) in [6.07, 6.45) is 1.36. The number of likely N-dealkylation sites (tertiary alicyclic amines) is 1. The van der Waals surface area contributed by atoms with Gasteiger partial charge in [-0.2, -0.15) is 4.31 Å².